The smallest absolute Gasteiger partial charge is 0.0701 e. The third-order valence-corrected chi connectivity index (χ3v) is 4.26. The van der Waals surface area contributed by atoms with E-state index in [2.05, 4.69) is 39.4 Å². The van der Waals surface area contributed by atoms with Crippen molar-refractivity contribution in [1.29, 1.82) is 5.26 Å². The fourth-order valence-corrected chi connectivity index (χ4v) is 2.98. The zero-order valence-electron chi connectivity index (χ0n) is 10.4. The lowest BCUT2D eigenvalue weighted by atomic mass is 9.89. The summed E-state index contributed by atoms with van der Waals surface area (Å²) in [4.78, 5) is 1.36. The molecule has 1 N–H and O–H groups in total. The Kier molecular flexibility index (Phi) is 6.18. The fourth-order valence-electron chi connectivity index (χ4n) is 1.53. The van der Waals surface area contributed by atoms with E-state index in [4.69, 9.17) is 5.26 Å². The van der Waals surface area contributed by atoms with Crippen LogP contribution in [0.1, 0.15) is 38.0 Å². The summed E-state index contributed by atoms with van der Waals surface area (Å²) in [5, 5.41) is 12.3. The van der Waals surface area contributed by atoms with Gasteiger partial charge in [0.15, 0.2) is 0 Å². The Balaban J connectivity index is 2.04. The van der Waals surface area contributed by atoms with Crippen LogP contribution in [0.4, 0.5) is 0 Å². The quantitative estimate of drug-likeness (QED) is 0.761. The van der Waals surface area contributed by atoms with Crippen LogP contribution in [0.15, 0.2) is 15.9 Å². The summed E-state index contributed by atoms with van der Waals surface area (Å²) in [7, 11) is 0. The molecule has 1 heterocycles. The predicted molar refractivity (Wildman–Crippen MR) is 77.0 cm³/mol. The zero-order valence-corrected chi connectivity index (χ0v) is 12.8. The van der Waals surface area contributed by atoms with E-state index in [1.807, 2.05) is 13.8 Å². The van der Waals surface area contributed by atoms with Gasteiger partial charge in [-0.25, -0.2) is 0 Å². The Morgan fingerprint density at radius 1 is 1.41 bits per heavy atom. The molecule has 1 aromatic rings. The highest BCUT2D eigenvalue weighted by Crippen LogP contribution is 2.22. The summed E-state index contributed by atoms with van der Waals surface area (Å²) >= 11 is 5.23. The molecule has 0 aliphatic heterocycles. The third kappa shape index (κ3) is 6.21. The Morgan fingerprint density at radius 2 is 2.18 bits per heavy atom. The van der Waals surface area contributed by atoms with E-state index in [-0.39, 0.29) is 5.41 Å². The van der Waals surface area contributed by atoms with Gasteiger partial charge in [0.25, 0.3) is 0 Å². The van der Waals surface area contributed by atoms with Gasteiger partial charge in [-0.05, 0) is 61.3 Å². The molecule has 0 unspecified atom stereocenters. The van der Waals surface area contributed by atoms with Gasteiger partial charge < -0.3 is 5.32 Å². The van der Waals surface area contributed by atoms with Gasteiger partial charge in [0.1, 0.15) is 0 Å². The molecule has 0 fully saturated rings. The second kappa shape index (κ2) is 7.15. The summed E-state index contributed by atoms with van der Waals surface area (Å²) in [6, 6.07) is 6.56. The highest BCUT2D eigenvalue weighted by molar-refractivity contribution is 9.11. The van der Waals surface area contributed by atoms with Crippen molar-refractivity contribution < 1.29 is 0 Å². The molecule has 4 heteroatoms. The van der Waals surface area contributed by atoms with Crippen LogP contribution in [0, 0.1) is 16.7 Å². The minimum absolute atomic E-state index is 0.168. The zero-order chi connectivity index (χ0) is 12.7. The first-order chi connectivity index (χ1) is 8.03. The first-order valence-corrected chi connectivity index (χ1v) is 7.51. The van der Waals surface area contributed by atoms with Gasteiger partial charge in [0.05, 0.1) is 15.3 Å². The number of nitrogens with zero attached hydrogens (tertiary/aromatic N) is 1. The van der Waals surface area contributed by atoms with E-state index in [9.17, 15) is 0 Å². The minimum Gasteiger partial charge on any atom is -0.312 e. The average Bonchev–Trinajstić information content (AvgIpc) is 2.69. The van der Waals surface area contributed by atoms with Crippen molar-refractivity contribution in [3.05, 3.63) is 20.8 Å². The largest absolute Gasteiger partial charge is 0.312 e. The SMILES string of the molecule is CC(C)(C#N)CCCCNCc1ccc(Br)s1. The monoisotopic (exact) mass is 314 g/mol. The van der Waals surface area contributed by atoms with Crippen molar-refractivity contribution in [1.82, 2.24) is 5.32 Å². The number of nitrogens with one attached hydrogen (secondary N) is 1. The molecule has 0 spiro atoms. The van der Waals surface area contributed by atoms with Crippen molar-refractivity contribution in [3.8, 4) is 6.07 Å². The van der Waals surface area contributed by atoms with Crippen LogP contribution in [0.25, 0.3) is 0 Å². The molecule has 0 radical (unpaired) electrons. The number of hydrogen-bond acceptors (Lipinski definition) is 3. The Hall–Kier alpha value is -0.370. The van der Waals surface area contributed by atoms with Crippen LogP contribution < -0.4 is 5.32 Å². The number of halogens is 1. The van der Waals surface area contributed by atoms with Crippen LogP contribution >= 0.6 is 27.3 Å². The van der Waals surface area contributed by atoms with Gasteiger partial charge in [-0.2, -0.15) is 5.26 Å². The van der Waals surface area contributed by atoms with Gasteiger partial charge >= 0.3 is 0 Å². The van der Waals surface area contributed by atoms with Crippen molar-refractivity contribution >= 4 is 27.3 Å². The second-order valence-corrected chi connectivity index (χ2v) is 7.38. The van der Waals surface area contributed by atoms with E-state index in [0.717, 1.165) is 32.4 Å². The molecular weight excluding hydrogens is 296 g/mol. The molecule has 0 atom stereocenters. The van der Waals surface area contributed by atoms with Crippen LogP contribution in [0.5, 0.6) is 0 Å². The molecule has 0 aliphatic rings. The van der Waals surface area contributed by atoms with Gasteiger partial charge in [0, 0.05) is 11.4 Å². The normalized spacial score (nSPS) is 11.4. The average molecular weight is 315 g/mol. The minimum atomic E-state index is -0.168. The maximum Gasteiger partial charge on any atom is 0.0701 e. The maximum absolute atomic E-state index is 8.88. The first kappa shape index (κ1) is 14.7. The van der Waals surface area contributed by atoms with Crippen LogP contribution in [-0.2, 0) is 6.54 Å². The van der Waals surface area contributed by atoms with Crippen LogP contribution in [-0.4, -0.2) is 6.54 Å². The molecule has 17 heavy (non-hydrogen) atoms. The Labute approximate surface area is 116 Å². The number of nitriles is 1. The van der Waals surface area contributed by atoms with Crippen molar-refractivity contribution in [2.45, 2.75) is 39.7 Å². The van der Waals surface area contributed by atoms with Gasteiger partial charge in [-0.1, -0.05) is 6.42 Å². The van der Waals surface area contributed by atoms with Crippen LogP contribution in [0.2, 0.25) is 0 Å². The first-order valence-electron chi connectivity index (χ1n) is 5.90. The van der Waals surface area contributed by atoms with E-state index in [0.29, 0.717) is 0 Å². The number of rotatable bonds is 7. The van der Waals surface area contributed by atoms with Gasteiger partial charge in [0.2, 0.25) is 0 Å². The molecular formula is C13H19BrN2S. The molecule has 0 aliphatic carbocycles. The lowest BCUT2D eigenvalue weighted by Gasteiger charge is -2.14. The number of hydrogen-bond donors (Lipinski definition) is 1. The topological polar surface area (TPSA) is 35.8 Å². The van der Waals surface area contributed by atoms with Crippen molar-refractivity contribution in [3.63, 3.8) is 0 Å². The van der Waals surface area contributed by atoms with Crippen molar-refractivity contribution in [2.75, 3.05) is 6.54 Å². The number of thiophene rings is 1. The molecule has 0 aromatic carbocycles. The second-order valence-electron chi connectivity index (χ2n) is 4.84. The molecule has 1 aromatic heterocycles. The highest BCUT2D eigenvalue weighted by Gasteiger charge is 2.15. The Morgan fingerprint density at radius 3 is 2.76 bits per heavy atom. The Bertz CT molecular complexity index is 379. The molecule has 1 rings (SSSR count). The summed E-state index contributed by atoms with van der Waals surface area (Å²) in [6.07, 6.45) is 3.23. The predicted octanol–water partition coefficient (Wildman–Crippen LogP) is 4.32. The van der Waals surface area contributed by atoms with Gasteiger partial charge in [-0.15, -0.1) is 11.3 Å². The lowest BCUT2D eigenvalue weighted by molar-refractivity contribution is 0.422. The highest BCUT2D eigenvalue weighted by atomic mass is 79.9. The summed E-state index contributed by atoms with van der Waals surface area (Å²) in [5.41, 5.74) is -0.168. The summed E-state index contributed by atoms with van der Waals surface area (Å²) in [5.74, 6) is 0. The number of unbranched alkanes of at least 4 members (excludes halogenated alkanes) is 1. The maximum atomic E-state index is 8.88. The van der Waals surface area contributed by atoms with Crippen LogP contribution in [0.3, 0.4) is 0 Å². The fraction of sp³-hybridized carbons (Fsp3) is 0.615. The molecule has 0 saturated carbocycles. The lowest BCUT2D eigenvalue weighted by Crippen LogP contribution is -2.15. The van der Waals surface area contributed by atoms with E-state index in [1.165, 1.54) is 8.66 Å². The van der Waals surface area contributed by atoms with E-state index in [1.54, 1.807) is 11.3 Å². The van der Waals surface area contributed by atoms with Crippen molar-refractivity contribution in [2.24, 2.45) is 5.41 Å². The molecule has 2 nitrogen and oxygen atoms in total. The molecule has 0 saturated heterocycles. The molecule has 0 amide bonds. The standard InChI is InChI=1S/C13H19BrN2S/c1-13(2,10-15)7-3-4-8-16-9-11-5-6-12(14)17-11/h5-6,16H,3-4,7-9H2,1-2H3. The molecule has 0 bridgehead atoms. The van der Waals surface area contributed by atoms with Gasteiger partial charge in [-0.3, -0.25) is 0 Å². The summed E-state index contributed by atoms with van der Waals surface area (Å²) < 4.78 is 1.19. The molecule has 94 valence electrons. The summed E-state index contributed by atoms with van der Waals surface area (Å²) in [6.45, 7) is 5.97. The third-order valence-electron chi connectivity index (χ3n) is 2.64. The van der Waals surface area contributed by atoms with E-state index < -0.39 is 0 Å². The van der Waals surface area contributed by atoms with E-state index >= 15 is 0 Å².